The molecular formula is C13H11Br2FN2O2S. The summed E-state index contributed by atoms with van der Waals surface area (Å²) in [4.78, 5) is 0.00912. The van der Waals surface area contributed by atoms with Crippen LogP contribution in [0.2, 0.25) is 0 Å². The van der Waals surface area contributed by atoms with Crippen molar-refractivity contribution >= 4 is 47.6 Å². The highest BCUT2D eigenvalue weighted by Crippen LogP contribution is 2.30. The third kappa shape index (κ3) is 3.63. The molecule has 0 aliphatic heterocycles. The molecule has 0 amide bonds. The van der Waals surface area contributed by atoms with Gasteiger partial charge < -0.3 is 5.73 Å². The summed E-state index contributed by atoms with van der Waals surface area (Å²) in [6.45, 7) is 0.297. The second kappa shape index (κ2) is 6.43. The Balaban J connectivity index is 2.44. The van der Waals surface area contributed by atoms with Gasteiger partial charge in [-0.2, -0.15) is 0 Å². The Morgan fingerprint density at radius 1 is 1.14 bits per heavy atom. The maximum Gasteiger partial charge on any atom is 0.263 e. The summed E-state index contributed by atoms with van der Waals surface area (Å²) in [6, 6.07) is 8.84. The van der Waals surface area contributed by atoms with E-state index in [1.54, 1.807) is 18.2 Å². The van der Waals surface area contributed by atoms with Gasteiger partial charge >= 0.3 is 0 Å². The van der Waals surface area contributed by atoms with Crippen molar-refractivity contribution in [2.24, 2.45) is 5.73 Å². The summed E-state index contributed by atoms with van der Waals surface area (Å²) >= 11 is 6.31. The number of sulfonamides is 1. The molecule has 21 heavy (non-hydrogen) atoms. The van der Waals surface area contributed by atoms with E-state index in [0.29, 0.717) is 15.5 Å². The third-order valence-corrected chi connectivity index (χ3v) is 5.71. The molecule has 0 bridgehead atoms. The molecule has 0 saturated carbocycles. The van der Waals surface area contributed by atoms with Crippen molar-refractivity contribution in [2.75, 3.05) is 4.72 Å². The number of halogens is 3. The molecule has 0 spiro atoms. The maximum atomic E-state index is 13.7. The van der Waals surface area contributed by atoms with Crippen molar-refractivity contribution < 1.29 is 12.8 Å². The summed E-state index contributed by atoms with van der Waals surface area (Å²) in [5.41, 5.74) is 6.15. The molecule has 2 rings (SSSR count). The minimum Gasteiger partial charge on any atom is -0.326 e. The average molecular weight is 438 g/mol. The van der Waals surface area contributed by atoms with Crippen molar-refractivity contribution in [1.82, 2.24) is 0 Å². The number of benzene rings is 2. The number of nitrogens with one attached hydrogen (secondary N) is 1. The fourth-order valence-corrected chi connectivity index (χ4v) is 4.46. The van der Waals surface area contributed by atoms with Crippen LogP contribution < -0.4 is 10.5 Å². The Morgan fingerprint density at radius 3 is 2.43 bits per heavy atom. The second-order valence-corrected chi connectivity index (χ2v) is 7.53. The van der Waals surface area contributed by atoms with Crippen LogP contribution in [-0.2, 0) is 16.6 Å². The zero-order valence-electron chi connectivity index (χ0n) is 10.6. The van der Waals surface area contributed by atoms with Gasteiger partial charge in [-0.15, -0.1) is 0 Å². The first-order chi connectivity index (χ1) is 9.85. The number of anilines is 1. The van der Waals surface area contributed by atoms with Gasteiger partial charge in [-0.25, -0.2) is 12.8 Å². The molecule has 112 valence electrons. The maximum absolute atomic E-state index is 13.7. The van der Waals surface area contributed by atoms with Crippen LogP contribution in [0.3, 0.4) is 0 Å². The van der Waals surface area contributed by atoms with E-state index in [4.69, 9.17) is 5.73 Å². The molecule has 0 saturated heterocycles. The van der Waals surface area contributed by atoms with Crippen LogP contribution in [0.5, 0.6) is 0 Å². The standard InChI is InChI=1S/C13H11Br2FN2O2S/c14-9-2-1-3-11(16)13(9)18-21(19,20)12-5-4-8(7-17)6-10(12)15/h1-6,18H,7,17H2. The number of rotatable bonds is 4. The molecule has 0 atom stereocenters. The van der Waals surface area contributed by atoms with Crippen LogP contribution in [-0.4, -0.2) is 8.42 Å². The Labute approximate surface area is 138 Å². The van der Waals surface area contributed by atoms with Crippen molar-refractivity contribution in [2.45, 2.75) is 11.4 Å². The smallest absolute Gasteiger partial charge is 0.263 e. The molecule has 2 aromatic rings. The van der Waals surface area contributed by atoms with E-state index in [0.717, 1.165) is 5.56 Å². The third-order valence-electron chi connectivity index (χ3n) is 2.72. The first-order valence-corrected chi connectivity index (χ1v) is 8.87. The van der Waals surface area contributed by atoms with E-state index in [-0.39, 0.29) is 10.6 Å². The van der Waals surface area contributed by atoms with Crippen LogP contribution in [0.25, 0.3) is 0 Å². The van der Waals surface area contributed by atoms with E-state index >= 15 is 0 Å². The fraction of sp³-hybridized carbons (Fsp3) is 0.0769. The van der Waals surface area contributed by atoms with Gasteiger partial charge in [-0.1, -0.05) is 12.1 Å². The predicted molar refractivity (Wildman–Crippen MR) is 86.9 cm³/mol. The first-order valence-electron chi connectivity index (χ1n) is 5.80. The lowest BCUT2D eigenvalue weighted by Crippen LogP contribution is -2.15. The van der Waals surface area contributed by atoms with Gasteiger partial charge in [0.05, 0.1) is 5.69 Å². The van der Waals surface area contributed by atoms with Gasteiger partial charge in [0.25, 0.3) is 10.0 Å². The summed E-state index contributed by atoms with van der Waals surface area (Å²) in [5, 5.41) is 0. The van der Waals surface area contributed by atoms with E-state index in [1.807, 2.05) is 0 Å². The Hall–Kier alpha value is -0.960. The quantitative estimate of drug-likeness (QED) is 0.767. The van der Waals surface area contributed by atoms with Crippen LogP contribution >= 0.6 is 31.9 Å². The molecule has 0 unspecified atom stereocenters. The van der Waals surface area contributed by atoms with Gasteiger partial charge in [0.2, 0.25) is 0 Å². The topological polar surface area (TPSA) is 72.2 Å². The zero-order chi connectivity index (χ0) is 15.6. The highest BCUT2D eigenvalue weighted by atomic mass is 79.9. The number of nitrogens with two attached hydrogens (primary N) is 1. The van der Waals surface area contributed by atoms with E-state index < -0.39 is 15.8 Å². The van der Waals surface area contributed by atoms with Crippen LogP contribution in [0.4, 0.5) is 10.1 Å². The summed E-state index contributed by atoms with van der Waals surface area (Å²) in [5.74, 6) is -0.664. The molecular weight excluding hydrogens is 427 g/mol. The number of hydrogen-bond donors (Lipinski definition) is 2. The lowest BCUT2D eigenvalue weighted by atomic mass is 10.2. The molecule has 8 heteroatoms. The van der Waals surface area contributed by atoms with Crippen molar-refractivity contribution in [3.8, 4) is 0 Å². The van der Waals surface area contributed by atoms with E-state index in [9.17, 15) is 12.8 Å². The SMILES string of the molecule is NCc1ccc(S(=O)(=O)Nc2c(F)cccc2Br)c(Br)c1. The minimum absolute atomic E-state index is 0.00912. The molecule has 0 aromatic heterocycles. The molecule has 4 nitrogen and oxygen atoms in total. The number of para-hydroxylation sites is 1. The van der Waals surface area contributed by atoms with Crippen molar-refractivity contribution in [3.63, 3.8) is 0 Å². The lowest BCUT2D eigenvalue weighted by molar-refractivity contribution is 0.598. The zero-order valence-corrected chi connectivity index (χ0v) is 14.6. The average Bonchev–Trinajstić information content (AvgIpc) is 2.42. The van der Waals surface area contributed by atoms with Gasteiger partial charge in [-0.3, -0.25) is 4.72 Å². The monoisotopic (exact) mass is 436 g/mol. The number of hydrogen-bond acceptors (Lipinski definition) is 3. The second-order valence-electron chi connectivity index (χ2n) is 4.17. The first kappa shape index (κ1) is 16.4. The largest absolute Gasteiger partial charge is 0.326 e. The van der Waals surface area contributed by atoms with Gasteiger partial charge in [0.1, 0.15) is 10.7 Å². The van der Waals surface area contributed by atoms with Crippen LogP contribution in [0, 0.1) is 5.82 Å². The van der Waals surface area contributed by atoms with E-state index in [2.05, 4.69) is 36.6 Å². The molecule has 0 aliphatic carbocycles. The normalized spacial score (nSPS) is 11.4. The van der Waals surface area contributed by atoms with Gasteiger partial charge in [-0.05, 0) is 61.7 Å². The minimum atomic E-state index is -3.92. The van der Waals surface area contributed by atoms with Crippen LogP contribution in [0.1, 0.15) is 5.56 Å². The molecule has 0 fully saturated rings. The molecule has 2 aromatic carbocycles. The van der Waals surface area contributed by atoms with Crippen molar-refractivity contribution in [3.05, 3.63) is 56.7 Å². The summed E-state index contributed by atoms with van der Waals surface area (Å²) < 4.78 is 41.4. The highest BCUT2D eigenvalue weighted by molar-refractivity contribution is 9.11. The Morgan fingerprint density at radius 2 is 1.86 bits per heavy atom. The van der Waals surface area contributed by atoms with Crippen LogP contribution in [0.15, 0.2) is 50.2 Å². The lowest BCUT2D eigenvalue weighted by Gasteiger charge is -2.12. The highest BCUT2D eigenvalue weighted by Gasteiger charge is 2.20. The Bertz CT molecular complexity index is 761. The molecule has 0 radical (unpaired) electrons. The molecule has 0 heterocycles. The summed E-state index contributed by atoms with van der Waals surface area (Å²) in [6.07, 6.45) is 0. The fourth-order valence-electron chi connectivity index (χ4n) is 1.67. The Kier molecular flexibility index (Phi) is 5.03. The summed E-state index contributed by atoms with van der Waals surface area (Å²) in [7, 11) is -3.92. The molecule has 3 N–H and O–H groups in total. The van der Waals surface area contributed by atoms with Gasteiger partial charge in [0.15, 0.2) is 0 Å². The van der Waals surface area contributed by atoms with Crippen molar-refractivity contribution in [1.29, 1.82) is 0 Å². The predicted octanol–water partition coefficient (Wildman–Crippen LogP) is 3.61. The van der Waals surface area contributed by atoms with Gasteiger partial charge in [0, 0.05) is 15.5 Å². The molecule has 0 aliphatic rings. The van der Waals surface area contributed by atoms with E-state index in [1.165, 1.54) is 18.2 Å².